The summed E-state index contributed by atoms with van der Waals surface area (Å²) in [7, 11) is 1.70. The van der Waals surface area contributed by atoms with Crippen molar-refractivity contribution < 1.29 is 14.7 Å². The van der Waals surface area contributed by atoms with Crippen molar-refractivity contribution in [2.75, 3.05) is 18.7 Å². The number of hydrogen-bond acceptors (Lipinski definition) is 4. The Kier molecular flexibility index (Phi) is 5.28. The highest BCUT2D eigenvalue weighted by Gasteiger charge is 2.36. The van der Waals surface area contributed by atoms with E-state index in [4.69, 9.17) is 0 Å². The number of aromatic hydroxyl groups is 1. The van der Waals surface area contributed by atoms with Crippen molar-refractivity contribution in [1.29, 1.82) is 0 Å². The zero-order valence-corrected chi connectivity index (χ0v) is 14.8. The molecule has 3 rings (SSSR count). The minimum Gasteiger partial charge on any atom is -0.508 e. The zero-order valence-electron chi connectivity index (χ0n) is 14.0. The Hall–Kier alpha value is -2.47. The van der Waals surface area contributed by atoms with Crippen LogP contribution in [0, 0.1) is 0 Å². The Morgan fingerprint density at radius 1 is 1.16 bits per heavy atom. The summed E-state index contributed by atoms with van der Waals surface area (Å²) in [5, 5.41) is 9.89. The van der Waals surface area contributed by atoms with Gasteiger partial charge in [-0.15, -0.1) is 11.8 Å². The first-order chi connectivity index (χ1) is 12.1. The van der Waals surface area contributed by atoms with E-state index < -0.39 is 6.04 Å². The molecule has 0 aliphatic carbocycles. The van der Waals surface area contributed by atoms with Gasteiger partial charge < -0.3 is 14.9 Å². The van der Waals surface area contributed by atoms with Crippen molar-refractivity contribution in [3.05, 3.63) is 65.7 Å². The Balaban J connectivity index is 1.72. The number of carbonyl (C=O) groups is 2. The molecule has 5 nitrogen and oxygen atoms in total. The van der Waals surface area contributed by atoms with Crippen LogP contribution in [0.5, 0.6) is 5.75 Å². The first-order valence-corrected chi connectivity index (χ1v) is 9.19. The van der Waals surface area contributed by atoms with E-state index in [1.165, 1.54) is 0 Å². The second-order valence-corrected chi connectivity index (χ2v) is 6.98. The number of benzene rings is 2. The average molecular weight is 356 g/mol. The fourth-order valence-electron chi connectivity index (χ4n) is 2.83. The van der Waals surface area contributed by atoms with Crippen LogP contribution < -0.4 is 0 Å². The Morgan fingerprint density at radius 3 is 2.56 bits per heavy atom. The van der Waals surface area contributed by atoms with E-state index in [9.17, 15) is 14.7 Å². The molecule has 1 N–H and O–H groups in total. The van der Waals surface area contributed by atoms with E-state index in [1.54, 1.807) is 58.9 Å². The van der Waals surface area contributed by atoms with Crippen LogP contribution in [-0.2, 0) is 11.3 Å². The Bertz CT molecular complexity index is 766. The molecule has 0 radical (unpaired) electrons. The van der Waals surface area contributed by atoms with Crippen molar-refractivity contribution in [1.82, 2.24) is 9.80 Å². The molecule has 1 aliphatic heterocycles. The van der Waals surface area contributed by atoms with Crippen molar-refractivity contribution in [3.63, 3.8) is 0 Å². The molecule has 1 unspecified atom stereocenters. The third-order valence-corrected chi connectivity index (χ3v) is 5.24. The summed E-state index contributed by atoms with van der Waals surface area (Å²) in [5.74, 6) is 1.02. The molecule has 1 heterocycles. The number of likely N-dealkylation sites (N-methyl/N-ethyl adjacent to an activating group) is 1. The first kappa shape index (κ1) is 17.4. The van der Waals surface area contributed by atoms with Gasteiger partial charge >= 0.3 is 0 Å². The van der Waals surface area contributed by atoms with Crippen LogP contribution in [0.4, 0.5) is 0 Å². The second-order valence-electron chi connectivity index (χ2n) is 5.98. The molecule has 2 aromatic rings. The molecular formula is C19H20N2O3S. The Morgan fingerprint density at radius 2 is 1.84 bits per heavy atom. The molecule has 0 aromatic heterocycles. The van der Waals surface area contributed by atoms with Gasteiger partial charge in [0.25, 0.3) is 5.91 Å². The fraction of sp³-hybridized carbons (Fsp3) is 0.263. The van der Waals surface area contributed by atoms with Gasteiger partial charge in [0.1, 0.15) is 11.8 Å². The maximum atomic E-state index is 12.8. The lowest BCUT2D eigenvalue weighted by Crippen LogP contribution is -2.47. The molecule has 1 atom stereocenters. The van der Waals surface area contributed by atoms with Crippen LogP contribution in [0.15, 0.2) is 54.6 Å². The lowest BCUT2D eigenvalue weighted by molar-refractivity contribution is -0.134. The quantitative estimate of drug-likeness (QED) is 0.915. The van der Waals surface area contributed by atoms with E-state index in [0.717, 1.165) is 0 Å². The molecule has 2 amide bonds. The number of nitrogens with zero attached hydrogens (tertiary/aromatic N) is 2. The molecule has 1 fully saturated rings. The van der Waals surface area contributed by atoms with Crippen LogP contribution in [0.3, 0.4) is 0 Å². The highest BCUT2D eigenvalue weighted by atomic mass is 32.2. The van der Waals surface area contributed by atoms with E-state index >= 15 is 0 Å². The maximum Gasteiger partial charge on any atom is 0.255 e. The lowest BCUT2D eigenvalue weighted by atomic mass is 10.1. The molecule has 130 valence electrons. The average Bonchev–Trinajstić information content (AvgIpc) is 3.12. The minimum absolute atomic E-state index is 0.113. The highest BCUT2D eigenvalue weighted by Crippen LogP contribution is 2.25. The van der Waals surface area contributed by atoms with Crippen LogP contribution in [-0.4, -0.2) is 51.4 Å². The van der Waals surface area contributed by atoms with Gasteiger partial charge in [0, 0.05) is 30.5 Å². The summed E-state index contributed by atoms with van der Waals surface area (Å²) in [6.07, 6.45) is 0. The summed E-state index contributed by atoms with van der Waals surface area (Å²) in [5.41, 5.74) is 1.27. The smallest absolute Gasteiger partial charge is 0.255 e. The van der Waals surface area contributed by atoms with E-state index in [-0.39, 0.29) is 17.6 Å². The fourth-order valence-corrected chi connectivity index (χ4v) is 3.97. The molecule has 0 spiro atoms. The van der Waals surface area contributed by atoms with Crippen molar-refractivity contribution >= 4 is 23.6 Å². The number of para-hydroxylation sites is 1. The molecule has 6 heteroatoms. The second kappa shape index (κ2) is 7.61. The van der Waals surface area contributed by atoms with E-state index in [0.29, 0.717) is 29.3 Å². The first-order valence-electron chi connectivity index (χ1n) is 8.03. The minimum atomic E-state index is -0.478. The highest BCUT2D eigenvalue weighted by molar-refractivity contribution is 7.99. The summed E-state index contributed by atoms with van der Waals surface area (Å²) in [6.45, 7) is 0.306. The predicted octanol–water partition coefficient (Wildman–Crippen LogP) is 2.57. The van der Waals surface area contributed by atoms with Gasteiger partial charge in [-0.1, -0.05) is 36.4 Å². The summed E-state index contributed by atoms with van der Waals surface area (Å²) < 4.78 is 0. The standard InChI is InChI=1S/C19H20N2O3S/c1-20(11-15-9-5-6-10-17(15)22)19(24)16-12-25-13-21(16)18(23)14-7-3-2-4-8-14/h2-10,16,22H,11-13H2,1H3. The van der Waals surface area contributed by atoms with Gasteiger partial charge in [0.15, 0.2) is 0 Å². The van der Waals surface area contributed by atoms with E-state index in [2.05, 4.69) is 0 Å². The zero-order chi connectivity index (χ0) is 17.8. The van der Waals surface area contributed by atoms with Crippen LogP contribution in [0.2, 0.25) is 0 Å². The SMILES string of the molecule is CN(Cc1ccccc1O)C(=O)C1CSCN1C(=O)c1ccccc1. The number of amides is 2. The summed E-state index contributed by atoms with van der Waals surface area (Å²) in [6, 6.07) is 15.5. The molecular weight excluding hydrogens is 336 g/mol. The Labute approximate surface area is 151 Å². The molecule has 2 aromatic carbocycles. The molecule has 1 saturated heterocycles. The normalized spacial score (nSPS) is 16.7. The number of rotatable bonds is 4. The predicted molar refractivity (Wildman–Crippen MR) is 98.3 cm³/mol. The summed E-state index contributed by atoms with van der Waals surface area (Å²) >= 11 is 1.58. The van der Waals surface area contributed by atoms with Crippen molar-refractivity contribution in [2.24, 2.45) is 0 Å². The van der Waals surface area contributed by atoms with Gasteiger partial charge in [0.05, 0.1) is 5.88 Å². The van der Waals surface area contributed by atoms with Gasteiger partial charge in [0.2, 0.25) is 5.91 Å². The van der Waals surface area contributed by atoms with Gasteiger partial charge in [-0.25, -0.2) is 0 Å². The number of thioether (sulfide) groups is 1. The molecule has 25 heavy (non-hydrogen) atoms. The van der Waals surface area contributed by atoms with Gasteiger partial charge in [-0.05, 0) is 18.2 Å². The summed E-state index contributed by atoms with van der Waals surface area (Å²) in [4.78, 5) is 28.7. The van der Waals surface area contributed by atoms with Gasteiger partial charge in [-0.3, -0.25) is 9.59 Å². The number of phenolic OH excluding ortho intramolecular Hbond substituents is 1. The van der Waals surface area contributed by atoms with E-state index in [1.807, 2.05) is 24.3 Å². The third kappa shape index (κ3) is 3.79. The van der Waals surface area contributed by atoms with Crippen molar-refractivity contribution in [3.8, 4) is 5.75 Å². The number of hydrogen-bond donors (Lipinski definition) is 1. The molecule has 1 aliphatic rings. The maximum absolute atomic E-state index is 12.8. The van der Waals surface area contributed by atoms with Crippen LogP contribution in [0.1, 0.15) is 15.9 Å². The molecule has 0 bridgehead atoms. The van der Waals surface area contributed by atoms with Crippen LogP contribution in [0.25, 0.3) is 0 Å². The van der Waals surface area contributed by atoms with Crippen molar-refractivity contribution in [2.45, 2.75) is 12.6 Å². The largest absolute Gasteiger partial charge is 0.508 e. The third-order valence-electron chi connectivity index (χ3n) is 4.22. The molecule has 0 saturated carbocycles. The van der Waals surface area contributed by atoms with Crippen LogP contribution >= 0.6 is 11.8 Å². The number of phenols is 1. The lowest BCUT2D eigenvalue weighted by Gasteiger charge is -2.27. The monoisotopic (exact) mass is 356 g/mol. The topological polar surface area (TPSA) is 60.9 Å². The number of carbonyl (C=O) groups excluding carboxylic acids is 2. The van der Waals surface area contributed by atoms with Gasteiger partial charge in [-0.2, -0.15) is 0 Å².